The number of hydrogen-bond acceptors (Lipinski definition) is 2. The smallest absolute Gasteiger partial charge is 0.147 e. The van der Waals surface area contributed by atoms with Gasteiger partial charge in [-0.3, -0.25) is 0 Å². The average Bonchev–Trinajstić information content (AvgIpc) is 2.46. The minimum Gasteiger partial charge on any atom is -0.382 e. The molecule has 1 aromatic carbocycles. The van der Waals surface area contributed by atoms with Crippen LogP contribution in [0.5, 0.6) is 0 Å². The molecule has 0 atom stereocenters. The summed E-state index contributed by atoms with van der Waals surface area (Å²) < 4.78 is 13.7. The molecule has 0 aromatic heterocycles. The molecular weight excluding hydrogens is 239 g/mol. The van der Waals surface area contributed by atoms with Crippen LogP contribution in [0.15, 0.2) is 18.2 Å². The van der Waals surface area contributed by atoms with Gasteiger partial charge in [-0.1, -0.05) is 26.2 Å². The molecule has 102 valence electrons. The van der Waals surface area contributed by atoms with E-state index in [2.05, 4.69) is 12.2 Å². The summed E-state index contributed by atoms with van der Waals surface area (Å²) in [6, 6.07) is 6.54. The third kappa shape index (κ3) is 3.70. The summed E-state index contributed by atoms with van der Waals surface area (Å²) in [5.74, 6) is 1.21. The Bertz CT molecular complexity index is 456. The Hall–Kier alpha value is -1.56. The summed E-state index contributed by atoms with van der Waals surface area (Å²) >= 11 is 0. The number of anilines is 1. The molecule has 2 nitrogen and oxygen atoms in total. The summed E-state index contributed by atoms with van der Waals surface area (Å²) in [5, 5.41) is 11.9. The lowest BCUT2D eigenvalue weighted by Crippen LogP contribution is -2.21. The normalized spacial score (nSPS) is 22.8. The monoisotopic (exact) mass is 260 g/mol. The Labute approximate surface area is 114 Å². The first kappa shape index (κ1) is 13.9. The van der Waals surface area contributed by atoms with Crippen LogP contribution in [0.1, 0.15) is 44.6 Å². The molecular formula is C16H21FN2. The first-order valence-corrected chi connectivity index (χ1v) is 7.16. The minimum atomic E-state index is -0.332. The molecule has 0 unspecified atom stereocenters. The SMILES string of the molecule is CCC1CCC(CNc2ccc(C#N)cc2F)CC1. The summed E-state index contributed by atoms with van der Waals surface area (Å²) in [6.45, 7) is 3.09. The van der Waals surface area contributed by atoms with Gasteiger partial charge in [0.15, 0.2) is 0 Å². The highest BCUT2D eigenvalue weighted by atomic mass is 19.1. The number of benzene rings is 1. The quantitative estimate of drug-likeness (QED) is 0.874. The fourth-order valence-electron chi connectivity index (χ4n) is 2.83. The van der Waals surface area contributed by atoms with Crippen molar-refractivity contribution in [3.8, 4) is 6.07 Å². The van der Waals surface area contributed by atoms with Crippen LogP contribution in [-0.4, -0.2) is 6.54 Å². The van der Waals surface area contributed by atoms with Crippen molar-refractivity contribution in [2.24, 2.45) is 11.8 Å². The van der Waals surface area contributed by atoms with Crippen molar-refractivity contribution in [1.82, 2.24) is 0 Å². The van der Waals surface area contributed by atoms with Crippen LogP contribution in [-0.2, 0) is 0 Å². The third-order valence-electron chi connectivity index (χ3n) is 4.22. The predicted octanol–water partition coefficient (Wildman–Crippen LogP) is 4.33. The van der Waals surface area contributed by atoms with Gasteiger partial charge in [-0.15, -0.1) is 0 Å². The summed E-state index contributed by atoms with van der Waals surface area (Å²) in [7, 11) is 0. The van der Waals surface area contributed by atoms with E-state index in [1.165, 1.54) is 38.2 Å². The van der Waals surface area contributed by atoms with Crippen LogP contribution < -0.4 is 5.32 Å². The number of hydrogen-bond donors (Lipinski definition) is 1. The zero-order chi connectivity index (χ0) is 13.7. The van der Waals surface area contributed by atoms with Crippen LogP contribution in [0.25, 0.3) is 0 Å². The maximum atomic E-state index is 13.7. The van der Waals surface area contributed by atoms with Gasteiger partial charge < -0.3 is 5.32 Å². The molecule has 1 aliphatic rings. The van der Waals surface area contributed by atoms with Crippen molar-refractivity contribution in [3.63, 3.8) is 0 Å². The van der Waals surface area contributed by atoms with Crippen molar-refractivity contribution < 1.29 is 4.39 Å². The Balaban J connectivity index is 1.85. The third-order valence-corrected chi connectivity index (χ3v) is 4.22. The highest BCUT2D eigenvalue weighted by molar-refractivity contribution is 5.48. The molecule has 0 amide bonds. The fraction of sp³-hybridized carbons (Fsp3) is 0.562. The first-order chi connectivity index (χ1) is 9.22. The van der Waals surface area contributed by atoms with Crippen molar-refractivity contribution in [2.75, 3.05) is 11.9 Å². The molecule has 0 aliphatic heterocycles. The fourth-order valence-corrected chi connectivity index (χ4v) is 2.83. The number of nitrogens with zero attached hydrogens (tertiary/aromatic N) is 1. The first-order valence-electron chi connectivity index (χ1n) is 7.16. The van der Waals surface area contributed by atoms with Gasteiger partial charge in [0, 0.05) is 6.54 Å². The Morgan fingerprint density at radius 2 is 1.95 bits per heavy atom. The largest absolute Gasteiger partial charge is 0.382 e. The van der Waals surface area contributed by atoms with Gasteiger partial charge in [0.25, 0.3) is 0 Å². The molecule has 1 fully saturated rings. The zero-order valence-corrected chi connectivity index (χ0v) is 11.5. The predicted molar refractivity (Wildman–Crippen MR) is 75.3 cm³/mol. The summed E-state index contributed by atoms with van der Waals surface area (Å²) in [5.41, 5.74) is 0.878. The highest BCUT2D eigenvalue weighted by Gasteiger charge is 2.19. The molecule has 1 aliphatic carbocycles. The number of nitrogens with one attached hydrogen (secondary N) is 1. The van der Waals surface area contributed by atoms with Crippen LogP contribution in [0, 0.1) is 29.0 Å². The lowest BCUT2D eigenvalue weighted by atomic mass is 9.81. The van der Waals surface area contributed by atoms with Gasteiger partial charge in [-0.05, 0) is 42.9 Å². The molecule has 0 saturated heterocycles. The van der Waals surface area contributed by atoms with Crippen molar-refractivity contribution in [1.29, 1.82) is 5.26 Å². The van der Waals surface area contributed by atoms with E-state index in [-0.39, 0.29) is 5.82 Å². The topological polar surface area (TPSA) is 35.8 Å². The van der Waals surface area contributed by atoms with E-state index < -0.39 is 0 Å². The van der Waals surface area contributed by atoms with E-state index in [1.807, 2.05) is 6.07 Å². The molecule has 19 heavy (non-hydrogen) atoms. The lowest BCUT2D eigenvalue weighted by molar-refractivity contribution is 0.278. The van der Waals surface area contributed by atoms with Crippen LogP contribution in [0.4, 0.5) is 10.1 Å². The number of halogens is 1. The molecule has 1 aromatic rings. The zero-order valence-electron chi connectivity index (χ0n) is 11.5. The van der Waals surface area contributed by atoms with Crippen LogP contribution in [0.2, 0.25) is 0 Å². The van der Waals surface area contributed by atoms with Crippen LogP contribution >= 0.6 is 0 Å². The van der Waals surface area contributed by atoms with Gasteiger partial charge in [-0.2, -0.15) is 5.26 Å². The molecule has 0 radical (unpaired) electrons. The highest BCUT2D eigenvalue weighted by Crippen LogP contribution is 2.30. The molecule has 1 saturated carbocycles. The molecule has 3 heteroatoms. The lowest BCUT2D eigenvalue weighted by Gasteiger charge is -2.28. The Morgan fingerprint density at radius 1 is 1.26 bits per heavy atom. The van der Waals surface area contributed by atoms with Gasteiger partial charge in [-0.25, -0.2) is 4.39 Å². The van der Waals surface area contributed by atoms with E-state index in [1.54, 1.807) is 12.1 Å². The standard InChI is InChI=1S/C16H21FN2/c1-2-12-3-5-13(6-4-12)11-19-16-8-7-14(10-18)9-15(16)17/h7-9,12-13,19H,2-6,11H2,1H3. The van der Waals surface area contributed by atoms with Gasteiger partial charge in [0.1, 0.15) is 5.82 Å². The van der Waals surface area contributed by atoms with Gasteiger partial charge in [0.2, 0.25) is 0 Å². The number of rotatable bonds is 4. The maximum absolute atomic E-state index is 13.7. The molecule has 0 spiro atoms. The van der Waals surface area contributed by atoms with Gasteiger partial charge in [0.05, 0.1) is 17.3 Å². The van der Waals surface area contributed by atoms with Crippen molar-refractivity contribution >= 4 is 5.69 Å². The van der Waals surface area contributed by atoms with Crippen molar-refractivity contribution in [2.45, 2.75) is 39.0 Å². The van der Waals surface area contributed by atoms with E-state index >= 15 is 0 Å². The Morgan fingerprint density at radius 3 is 2.53 bits per heavy atom. The summed E-state index contributed by atoms with van der Waals surface area (Å²) in [4.78, 5) is 0. The van der Waals surface area contributed by atoms with Gasteiger partial charge >= 0.3 is 0 Å². The average molecular weight is 260 g/mol. The van der Waals surface area contributed by atoms with E-state index in [0.29, 0.717) is 17.2 Å². The maximum Gasteiger partial charge on any atom is 0.147 e. The van der Waals surface area contributed by atoms with E-state index in [4.69, 9.17) is 5.26 Å². The number of nitriles is 1. The second kappa shape index (κ2) is 6.56. The molecule has 2 rings (SSSR count). The molecule has 0 bridgehead atoms. The van der Waals surface area contributed by atoms with Crippen LogP contribution in [0.3, 0.4) is 0 Å². The molecule has 0 heterocycles. The molecule has 1 N–H and O–H groups in total. The Kier molecular flexibility index (Phi) is 4.79. The summed E-state index contributed by atoms with van der Waals surface area (Å²) in [6.07, 6.45) is 6.37. The van der Waals surface area contributed by atoms with E-state index in [0.717, 1.165) is 12.5 Å². The minimum absolute atomic E-state index is 0.332. The second-order valence-corrected chi connectivity index (χ2v) is 5.48. The van der Waals surface area contributed by atoms with Crippen molar-refractivity contribution in [3.05, 3.63) is 29.6 Å². The van der Waals surface area contributed by atoms with E-state index in [9.17, 15) is 4.39 Å². The second-order valence-electron chi connectivity index (χ2n) is 5.48.